The molecule has 0 spiro atoms. The van der Waals surface area contributed by atoms with Crippen LogP contribution in [0.5, 0.6) is 0 Å². The molecule has 0 aromatic heterocycles. The largest absolute Gasteiger partial charge is 0.481 e. The summed E-state index contributed by atoms with van der Waals surface area (Å²) in [6.07, 6.45) is 0.570. The van der Waals surface area contributed by atoms with E-state index in [1.54, 1.807) is 13.8 Å². The minimum atomic E-state index is -1.23. The van der Waals surface area contributed by atoms with E-state index in [-0.39, 0.29) is 24.5 Å². The predicted octanol–water partition coefficient (Wildman–Crippen LogP) is -1.19. The molecule has 6 N–H and O–H groups in total. The molecule has 4 unspecified atom stereocenters. The Balaban J connectivity index is 2.86. The van der Waals surface area contributed by atoms with Crippen LogP contribution in [-0.4, -0.2) is 81.2 Å². The van der Waals surface area contributed by atoms with Gasteiger partial charge in [0.05, 0.1) is 6.04 Å². The number of carboxylic acids is 2. The van der Waals surface area contributed by atoms with Crippen LogP contribution in [0.25, 0.3) is 0 Å². The molecule has 0 radical (unpaired) electrons. The van der Waals surface area contributed by atoms with E-state index < -0.39 is 53.8 Å². The van der Waals surface area contributed by atoms with Gasteiger partial charge in [0.2, 0.25) is 17.7 Å². The number of nitrogens with one attached hydrogen (secondary N) is 2. The van der Waals surface area contributed by atoms with E-state index >= 15 is 0 Å². The van der Waals surface area contributed by atoms with Gasteiger partial charge in [-0.1, -0.05) is 13.8 Å². The summed E-state index contributed by atoms with van der Waals surface area (Å²) in [5, 5.41) is 22.7. The van der Waals surface area contributed by atoms with Crippen molar-refractivity contribution in [3.63, 3.8) is 0 Å². The normalized spacial score (nSPS) is 19.1. The molecule has 0 saturated carbocycles. The summed E-state index contributed by atoms with van der Waals surface area (Å²) >= 11 is 3.91. The Hall–Kier alpha value is -2.34. The lowest BCUT2D eigenvalue weighted by molar-refractivity contribution is -0.145. The molecule has 30 heavy (non-hydrogen) atoms. The molecule has 1 aliphatic rings. The summed E-state index contributed by atoms with van der Waals surface area (Å²) in [5.41, 5.74) is 5.71. The zero-order valence-corrected chi connectivity index (χ0v) is 17.9. The number of rotatable bonds is 11. The third-order valence-electron chi connectivity index (χ3n) is 4.87. The van der Waals surface area contributed by atoms with Crippen molar-refractivity contribution in [2.45, 2.75) is 63.7 Å². The third-order valence-corrected chi connectivity index (χ3v) is 5.24. The molecule has 1 fully saturated rings. The molecule has 1 rings (SSSR count). The number of aliphatic carboxylic acids is 2. The predicted molar refractivity (Wildman–Crippen MR) is 110 cm³/mol. The maximum absolute atomic E-state index is 13.1. The van der Waals surface area contributed by atoms with Crippen LogP contribution >= 0.6 is 12.6 Å². The number of carbonyl (C=O) groups is 5. The first-order valence-electron chi connectivity index (χ1n) is 9.71. The SMILES string of the molecule is CC(C)C(NC(=O)C(N)CCC(=O)O)C(=O)N1CCCC1C(=O)NC(CS)C(=O)O. The van der Waals surface area contributed by atoms with Crippen molar-refractivity contribution < 1.29 is 34.2 Å². The molecule has 3 amide bonds. The topological polar surface area (TPSA) is 179 Å². The van der Waals surface area contributed by atoms with E-state index in [2.05, 4.69) is 23.3 Å². The highest BCUT2D eigenvalue weighted by molar-refractivity contribution is 7.80. The number of hydrogen-bond donors (Lipinski definition) is 6. The first-order valence-corrected chi connectivity index (χ1v) is 10.3. The third kappa shape index (κ3) is 7.17. The number of hydrogen-bond acceptors (Lipinski definition) is 7. The summed E-state index contributed by atoms with van der Waals surface area (Å²) in [6, 6.07) is -4.06. The molecule has 0 aliphatic carbocycles. The van der Waals surface area contributed by atoms with Crippen molar-refractivity contribution in [1.82, 2.24) is 15.5 Å². The van der Waals surface area contributed by atoms with Crippen molar-refractivity contribution in [3.8, 4) is 0 Å². The minimum absolute atomic E-state index is 0.0742. The van der Waals surface area contributed by atoms with Gasteiger partial charge >= 0.3 is 11.9 Å². The number of amides is 3. The average Bonchev–Trinajstić information content (AvgIpc) is 3.16. The lowest BCUT2D eigenvalue weighted by Crippen LogP contribution is -2.58. The highest BCUT2D eigenvalue weighted by Crippen LogP contribution is 2.21. The van der Waals surface area contributed by atoms with Crippen LogP contribution in [0, 0.1) is 5.92 Å². The van der Waals surface area contributed by atoms with Crippen LogP contribution in [0.15, 0.2) is 0 Å². The molecular weight excluding hydrogens is 416 g/mol. The zero-order valence-electron chi connectivity index (χ0n) is 17.0. The van der Waals surface area contributed by atoms with Crippen molar-refractivity contribution in [2.75, 3.05) is 12.3 Å². The monoisotopic (exact) mass is 446 g/mol. The number of likely N-dealkylation sites (tertiary alicyclic amines) is 1. The van der Waals surface area contributed by atoms with Crippen molar-refractivity contribution >= 4 is 42.3 Å². The van der Waals surface area contributed by atoms with Gasteiger partial charge in [-0.15, -0.1) is 0 Å². The van der Waals surface area contributed by atoms with Gasteiger partial charge in [0.25, 0.3) is 0 Å². The highest BCUT2D eigenvalue weighted by atomic mass is 32.1. The van der Waals surface area contributed by atoms with Crippen LogP contribution in [0.2, 0.25) is 0 Å². The maximum atomic E-state index is 13.1. The number of nitrogens with zero attached hydrogens (tertiary/aromatic N) is 1. The summed E-state index contributed by atoms with van der Waals surface area (Å²) in [4.78, 5) is 61.1. The van der Waals surface area contributed by atoms with Crippen LogP contribution < -0.4 is 16.4 Å². The standard InChI is InChI=1S/C18H30N4O7S/c1-9(2)14(21-15(25)10(19)5-6-13(23)24)17(27)22-7-3-4-12(22)16(26)20-11(8-30)18(28)29/h9-12,14,30H,3-8,19H2,1-2H3,(H,20,26)(H,21,25)(H,23,24)(H,28,29). The van der Waals surface area contributed by atoms with Gasteiger partial charge in [0.15, 0.2) is 0 Å². The molecule has 0 aromatic carbocycles. The van der Waals surface area contributed by atoms with E-state index in [0.717, 1.165) is 0 Å². The molecule has 0 bridgehead atoms. The second kappa shape index (κ2) is 11.7. The van der Waals surface area contributed by atoms with Gasteiger partial charge in [-0.25, -0.2) is 4.79 Å². The second-order valence-corrected chi connectivity index (χ2v) is 7.91. The fourth-order valence-electron chi connectivity index (χ4n) is 3.12. The Morgan fingerprint density at radius 2 is 1.80 bits per heavy atom. The van der Waals surface area contributed by atoms with Crippen LogP contribution in [0.3, 0.4) is 0 Å². The lowest BCUT2D eigenvalue weighted by Gasteiger charge is -2.31. The molecule has 1 heterocycles. The smallest absolute Gasteiger partial charge is 0.327 e. The van der Waals surface area contributed by atoms with E-state index in [9.17, 15) is 24.0 Å². The van der Waals surface area contributed by atoms with Gasteiger partial charge in [-0.05, 0) is 25.2 Å². The second-order valence-electron chi connectivity index (χ2n) is 7.54. The molecule has 12 heteroatoms. The average molecular weight is 447 g/mol. The first kappa shape index (κ1) is 25.7. The molecule has 4 atom stereocenters. The molecular formula is C18H30N4O7S. The Bertz CT molecular complexity index is 673. The number of thiol groups is 1. The summed E-state index contributed by atoms with van der Waals surface area (Å²) in [6.45, 7) is 3.73. The quantitative estimate of drug-likeness (QED) is 0.214. The Kier molecular flexibility index (Phi) is 10.1. The number of carboxylic acid groups (broad SMARTS) is 2. The first-order chi connectivity index (χ1) is 14.0. The summed E-state index contributed by atoms with van der Waals surface area (Å²) in [7, 11) is 0. The number of carbonyl (C=O) groups excluding carboxylic acids is 3. The van der Waals surface area contributed by atoms with Crippen LogP contribution in [-0.2, 0) is 24.0 Å². The molecule has 0 aromatic rings. The fourth-order valence-corrected chi connectivity index (χ4v) is 3.37. The van der Waals surface area contributed by atoms with Crippen molar-refractivity contribution in [2.24, 2.45) is 11.7 Å². The van der Waals surface area contributed by atoms with Gasteiger partial charge in [-0.3, -0.25) is 19.2 Å². The van der Waals surface area contributed by atoms with E-state index in [1.807, 2.05) is 0 Å². The number of nitrogens with two attached hydrogens (primary N) is 1. The summed E-state index contributed by atoms with van der Waals surface area (Å²) < 4.78 is 0. The maximum Gasteiger partial charge on any atom is 0.327 e. The molecule has 1 aliphatic heterocycles. The lowest BCUT2D eigenvalue weighted by atomic mass is 10.0. The van der Waals surface area contributed by atoms with Gasteiger partial charge in [0.1, 0.15) is 18.1 Å². The van der Waals surface area contributed by atoms with Crippen LogP contribution in [0.1, 0.15) is 39.5 Å². The molecule has 1 saturated heterocycles. The summed E-state index contributed by atoms with van der Waals surface area (Å²) in [5.74, 6) is -4.43. The zero-order chi connectivity index (χ0) is 23.0. The van der Waals surface area contributed by atoms with Crippen molar-refractivity contribution in [1.29, 1.82) is 0 Å². The van der Waals surface area contributed by atoms with Crippen LogP contribution in [0.4, 0.5) is 0 Å². The van der Waals surface area contributed by atoms with E-state index in [1.165, 1.54) is 4.90 Å². The van der Waals surface area contributed by atoms with Gasteiger partial charge < -0.3 is 31.5 Å². The van der Waals surface area contributed by atoms with E-state index in [4.69, 9.17) is 15.9 Å². The molecule has 170 valence electrons. The minimum Gasteiger partial charge on any atom is -0.481 e. The Morgan fingerprint density at radius 1 is 1.17 bits per heavy atom. The van der Waals surface area contributed by atoms with Gasteiger partial charge in [0, 0.05) is 18.7 Å². The van der Waals surface area contributed by atoms with Crippen molar-refractivity contribution in [3.05, 3.63) is 0 Å². The Labute approximate surface area is 180 Å². The van der Waals surface area contributed by atoms with Gasteiger partial charge in [-0.2, -0.15) is 12.6 Å². The Morgan fingerprint density at radius 3 is 2.30 bits per heavy atom. The highest BCUT2D eigenvalue weighted by Gasteiger charge is 2.39. The van der Waals surface area contributed by atoms with E-state index in [0.29, 0.717) is 19.4 Å². The fraction of sp³-hybridized carbons (Fsp3) is 0.722. The molecule has 11 nitrogen and oxygen atoms in total.